The molecule has 0 saturated carbocycles. The Balaban J connectivity index is 3.34. The van der Waals surface area contributed by atoms with Gasteiger partial charge in [-0.05, 0) is 6.42 Å². The second-order valence-corrected chi connectivity index (χ2v) is 5.42. The molecule has 0 aliphatic carbocycles. The second-order valence-electron chi connectivity index (χ2n) is 5.42. The van der Waals surface area contributed by atoms with Crippen LogP contribution in [0.3, 0.4) is 0 Å². The first kappa shape index (κ1) is 18.8. The van der Waals surface area contributed by atoms with Gasteiger partial charge in [0.1, 0.15) is 12.2 Å². The third-order valence-electron chi connectivity index (χ3n) is 3.58. The second kappa shape index (κ2) is 12.9. The Morgan fingerprint density at radius 3 is 1.63 bits per heavy atom. The summed E-state index contributed by atoms with van der Waals surface area (Å²) < 4.78 is 0. The highest BCUT2D eigenvalue weighted by Gasteiger charge is 2.23. The lowest BCUT2D eigenvalue weighted by Crippen LogP contribution is -2.39. The van der Waals surface area contributed by atoms with Crippen LogP contribution in [0.15, 0.2) is 0 Å². The van der Waals surface area contributed by atoms with Crippen molar-refractivity contribution in [3.63, 3.8) is 0 Å². The van der Waals surface area contributed by atoms with Crippen LogP contribution in [0.1, 0.15) is 71.1 Å². The zero-order chi connectivity index (χ0) is 14.5. The van der Waals surface area contributed by atoms with Crippen molar-refractivity contribution in [3.05, 3.63) is 0 Å². The summed E-state index contributed by atoms with van der Waals surface area (Å²) in [5.41, 5.74) is 0. The SMILES string of the molecule is CCCCCCCCCCCC(O)C(O)C(O)CO. The number of rotatable bonds is 13. The van der Waals surface area contributed by atoms with Gasteiger partial charge in [-0.3, -0.25) is 0 Å². The molecule has 0 spiro atoms. The molecule has 0 amide bonds. The van der Waals surface area contributed by atoms with Crippen LogP contribution in [0.25, 0.3) is 0 Å². The van der Waals surface area contributed by atoms with E-state index in [1.54, 1.807) is 0 Å². The monoisotopic (exact) mass is 276 g/mol. The number of aliphatic hydroxyl groups excluding tert-OH is 4. The molecule has 4 nitrogen and oxygen atoms in total. The number of unbranched alkanes of at least 4 members (excludes halogenated alkanes) is 8. The van der Waals surface area contributed by atoms with Crippen molar-refractivity contribution >= 4 is 0 Å². The molecule has 0 fully saturated rings. The molecule has 0 rings (SSSR count). The lowest BCUT2D eigenvalue weighted by molar-refractivity contribution is -0.0787. The van der Waals surface area contributed by atoms with Gasteiger partial charge in [-0.2, -0.15) is 0 Å². The maximum atomic E-state index is 9.60. The molecule has 0 aliphatic rings. The summed E-state index contributed by atoms with van der Waals surface area (Å²) >= 11 is 0. The van der Waals surface area contributed by atoms with Gasteiger partial charge in [0.2, 0.25) is 0 Å². The summed E-state index contributed by atoms with van der Waals surface area (Å²) in [6.07, 6.45) is 7.91. The van der Waals surface area contributed by atoms with Gasteiger partial charge in [-0.1, -0.05) is 64.7 Å². The molecule has 3 atom stereocenters. The molecule has 0 aromatic carbocycles. The summed E-state index contributed by atoms with van der Waals surface area (Å²) in [5, 5.41) is 36.9. The highest BCUT2D eigenvalue weighted by Crippen LogP contribution is 2.13. The summed E-state index contributed by atoms with van der Waals surface area (Å²) in [7, 11) is 0. The highest BCUT2D eigenvalue weighted by molar-refractivity contribution is 4.74. The van der Waals surface area contributed by atoms with Crippen molar-refractivity contribution in [3.8, 4) is 0 Å². The normalized spacial score (nSPS) is 16.3. The molecule has 3 unspecified atom stereocenters. The van der Waals surface area contributed by atoms with E-state index in [0.29, 0.717) is 6.42 Å². The standard InChI is InChI=1S/C15H32O4/c1-2-3-4-5-6-7-8-9-10-11-13(17)15(19)14(18)12-16/h13-19H,2-12H2,1H3. The van der Waals surface area contributed by atoms with Crippen LogP contribution in [0.5, 0.6) is 0 Å². The fraction of sp³-hybridized carbons (Fsp3) is 1.00. The quantitative estimate of drug-likeness (QED) is 0.388. The van der Waals surface area contributed by atoms with Crippen LogP contribution in [0.4, 0.5) is 0 Å². The molecule has 4 heteroatoms. The molecule has 19 heavy (non-hydrogen) atoms. The third kappa shape index (κ3) is 10.3. The summed E-state index contributed by atoms with van der Waals surface area (Å²) in [5.74, 6) is 0. The lowest BCUT2D eigenvalue weighted by atomic mass is 10.0. The van der Waals surface area contributed by atoms with Gasteiger partial charge >= 0.3 is 0 Å². The summed E-state index contributed by atoms with van der Waals surface area (Å²) in [6, 6.07) is 0. The van der Waals surface area contributed by atoms with E-state index >= 15 is 0 Å². The average Bonchev–Trinajstić information content (AvgIpc) is 2.43. The summed E-state index contributed by atoms with van der Waals surface area (Å²) in [6.45, 7) is 1.70. The first-order valence-corrected chi connectivity index (χ1v) is 7.78. The highest BCUT2D eigenvalue weighted by atomic mass is 16.4. The van der Waals surface area contributed by atoms with Gasteiger partial charge in [0.25, 0.3) is 0 Å². The average molecular weight is 276 g/mol. The number of hydrogen-bond acceptors (Lipinski definition) is 4. The molecule has 0 heterocycles. The van der Waals surface area contributed by atoms with Gasteiger partial charge in [0, 0.05) is 0 Å². The maximum absolute atomic E-state index is 9.60. The Kier molecular flexibility index (Phi) is 12.7. The van der Waals surface area contributed by atoms with Crippen LogP contribution in [0, 0.1) is 0 Å². The zero-order valence-corrected chi connectivity index (χ0v) is 12.3. The molecule has 0 aromatic rings. The molecule has 116 valence electrons. The smallest absolute Gasteiger partial charge is 0.108 e. The van der Waals surface area contributed by atoms with Crippen LogP contribution < -0.4 is 0 Å². The first-order chi connectivity index (χ1) is 9.13. The Labute approximate surface area is 117 Å². The van der Waals surface area contributed by atoms with Crippen molar-refractivity contribution in [2.45, 2.75) is 89.4 Å². The zero-order valence-electron chi connectivity index (χ0n) is 12.3. The van der Waals surface area contributed by atoms with E-state index in [1.165, 1.54) is 38.5 Å². The van der Waals surface area contributed by atoms with E-state index in [4.69, 9.17) is 5.11 Å². The molecule has 4 N–H and O–H groups in total. The van der Waals surface area contributed by atoms with E-state index in [-0.39, 0.29) is 0 Å². The van der Waals surface area contributed by atoms with E-state index in [1.807, 2.05) is 0 Å². The van der Waals surface area contributed by atoms with Crippen LogP contribution >= 0.6 is 0 Å². The van der Waals surface area contributed by atoms with Crippen molar-refractivity contribution in [2.24, 2.45) is 0 Å². The van der Waals surface area contributed by atoms with Crippen molar-refractivity contribution in [1.82, 2.24) is 0 Å². The minimum atomic E-state index is -1.24. The Hall–Kier alpha value is -0.160. The van der Waals surface area contributed by atoms with E-state index in [0.717, 1.165) is 19.3 Å². The Morgan fingerprint density at radius 2 is 1.16 bits per heavy atom. The molecule has 0 bridgehead atoms. The van der Waals surface area contributed by atoms with Gasteiger partial charge in [0.05, 0.1) is 12.7 Å². The molecular formula is C15H32O4. The van der Waals surface area contributed by atoms with E-state index in [9.17, 15) is 15.3 Å². The molecule has 0 saturated heterocycles. The van der Waals surface area contributed by atoms with Crippen LogP contribution in [-0.2, 0) is 0 Å². The fourth-order valence-corrected chi connectivity index (χ4v) is 2.20. The van der Waals surface area contributed by atoms with Gasteiger partial charge in [-0.25, -0.2) is 0 Å². The predicted molar refractivity (Wildman–Crippen MR) is 77.0 cm³/mol. The molecule has 0 radical (unpaired) electrons. The van der Waals surface area contributed by atoms with Crippen molar-refractivity contribution < 1.29 is 20.4 Å². The van der Waals surface area contributed by atoms with E-state index in [2.05, 4.69) is 6.92 Å². The predicted octanol–water partition coefficient (Wildman–Crippen LogP) is 1.98. The third-order valence-corrected chi connectivity index (χ3v) is 3.58. The Bertz CT molecular complexity index is 187. The summed E-state index contributed by atoms with van der Waals surface area (Å²) in [4.78, 5) is 0. The van der Waals surface area contributed by atoms with Crippen molar-refractivity contribution in [1.29, 1.82) is 0 Å². The lowest BCUT2D eigenvalue weighted by Gasteiger charge is -2.21. The number of aliphatic hydroxyl groups is 4. The van der Waals surface area contributed by atoms with Gasteiger partial charge < -0.3 is 20.4 Å². The molecule has 0 aromatic heterocycles. The first-order valence-electron chi connectivity index (χ1n) is 7.78. The minimum Gasteiger partial charge on any atom is -0.394 e. The maximum Gasteiger partial charge on any atom is 0.108 e. The minimum absolute atomic E-state index is 0.480. The fourth-order valence-electron chi connectivity index (χ4n) is 2.20. The van der Waals surface area contributed by atoms with Gasteiger partial charge in [0.15, 0.2) is 0 Å². The molecular weight excluding hydrogens is 244 g/mol. The Morgan fingerprint density at radius 1 is 0.684 bits per heavy atom. The largest absolute Gasteiger partial charge is 0.394 e. The van der Waals surface area contributed by atoms with Crippen LogP contribution in [0.2, 0.25) is 0 Å². The topological polar surface area (TPSA) is 80.9 Å². The van der Waals surface area contributed by atoms with Crippen molar-refractivity contribution in [2.75, 3.05) is 6.61 Å². The number of hydrogen-bond donors (Lipinski definition) is 4. The molecule has 0 aliphatic heterocycles. The van der Waals surface area contributed by atoms with E-state index < -0.39 is 24.9 Å². The van der Waals surface area contributed by atoms with Crippen LogP contribution in [-0.4, -0.2) is 45.3 Å². The van der Waals surface area contributed by atoms with Gasteiger partial charge in [-0.15, -0.1) is 0 Å².